The molecule has 6 heteroatoms. The Hall–Kier alpha value is -1.82. The molecule has 0 bridgehead atoms. The number of rotatable bonds is 4. The highest BCUT2D eigenvalue weighted by Crippen LogP contribution is 2.35. The van der Waals surface area contributed by atoms with Crippen molar-refractivity contribution in [3.05, 3.63) is 40.7 Å². The van der Waals surface area contributed by atoms with Crippen LogP contribution >= 0.6 is 11.8 Å². The number of hydrogen-bond donors (Lipinski definition) is 1. The fourth-order valence-electron chi connectivity index (χ4n) is 3.03. The van der Waals surface area contributed by atoms with Crippen molar-refractivity contribution < 1.29 is 4.92 Å². The number of anilines is 1. The number of nitro benzene ring substituents is 1. The van der Waals surface area contributed by atoms with Crippen molar-refractivity contribution >= 4 is 33.9 Å². The molecule has 1 N–H and O–H groups in total. The van der Waals surface area contributed by atoms with Gasteiger partial charge in [-0.1, -0.05) is 6.42 Å². The van der Waals surface area contributed by atoms with E-state index in [0.29, 0.717) is 16.7 Å². The second kappa shape index (κ2) is 5.89. The van der Waals surface area contributed by atoms with Gasteiger partial charge in [-0.25, -0.2) is 0 Å². The molecule has 3 rings (SSSR count). The van der Waals surface area contributed by atoms with Gasteiger partial charge in [-0.05, 0) is 31.2 Å². The van der Waals surface area contributed by atoms with E-state index in [0.717, 1.165) is 17.5 Å². The van der Waals surface area contributed by atoms with Crippen LogP contribution in [0.4, 0.5) is 11.4 Å². The van der Waals surface area contributed by atoms with Gasteiger partial charge in [0.15, 0.2) is 0 Å². The van der Waals surface area contributed by atoms with E-state index in [1.165, 1.54) is 12.8 Å². The van der Waals surface area contributed by atoms with E-state index in [9.17, 15) is 10.1 Å². The number of non-ortho nitro benzene ring substituents is 1. The number of nitro groups is 1. The van der Waals surface area contributed by atoms with E-state index in [4.69, 9.17) is 0 Å². The summed E-state index contributed by atoms with van der Waals surface area (Å²) in [6, 6.07) is 5.65. The summed E-state index contributed by atoms with van der Waals surface area (Å²) in [6.07, 6.45) is 9.00. The summed E-state index contributed by atoms with van der Waals surface area (Å²) in [5.74, 6) is 0. The molecule has 1 saturated carbocycles. The Morgan fingerprint density at radius 2 is 2.19 bits per heavy atom. The molecule has 1 fully saturated rings. The van der Waals surface area contributed by atoms with Gasteiger partial charge in [0.05, 0.1) is 10.3 Å². The summed E-state index contributed by atoms with van der Waals surface area (Å²) in [5, 5.41) is 16.8. The average molecular weight is 303 g/mol. The highest BCUT2D eigenvalue weighted by molar-refractivity contribution is 7.99. The third kappa shape index (κ3) is 2.68. The van der Waals surface area contributed by atoms with Crippen molar-refractivity contribution in [1.29, 1.82) is 0 Å². The van der Waals surface area contributed by atoms with Crippen LogP contribution in [0.25, 0.3) is 10.8 Å². The Bertz CT molecular complexity index is 677. The molecule has 0 amide bonds. The van der Waals surface area contributed by atoms with Crippen molar-refractivity contribution in [3.8, 4) is 0 Å². The first-order chi connectivity index (χ1) is 10.2. The molecular weight excluding hydrogens is 286 g/mol. The summed E-state index contributed by atoms with van der Waals surface area (Å²) in [7, 11) is 0. The molecule has 0 aliphatic heterocycles. The first kappa shape index (κ1) is 14.1. The maximum absolute atomic E-state index is 11.1. The highest BCUT2D eigenvalue weighted by Gasteiger charge is 2.27. The van der Waals surface area contributed by atoms with Gasteiger partial charge in [0.25, 0.3) is 5.69 Å². The Morgan fingerprint density at radius 1 is 1.33 bits per heavy atom. The molecule has 1 heterocycles. The molecule has 5 nitrogen and oxygen atoms in total. The van der Waals surface area contributed by atoms with Crippen LogP contribution in [-0.4, -0.2) is 27.5 Å². The number of benzene rings is 1. The lowest BCUT2D eigenvalue weighted by Crippen LogP contribution is -2.25. The summed E-state index contributed by atoms with van der Waals surface area (Å²) < 4.78 is 0. The van der Waals surface area contributed by atoms with Gasteiger partial charge in [-0.2, -0.15) is 11.8 Å². The van der Waals surface area contributed by atoms with Crippen LogP contribution in [0.5, 0.6) is 0 Å². The fourth-order valence-corrected chi connectivity index (χ4v) is 3.97. The maximum Gasteiger partial charge on any atom is 0.278 e. The first-order valence-electron chi connectivity index (χ1n) is 7.01. The molecule has 2 atom stereocenters. The van der Waals surface area contributed by atoms with Crippen LogP contribution in [0.15, 0.2) is 30.6 Å². The monoisotopic (exact) mass is 303 g/mol. The summed E-state index contributed by atoms with van der Waals surface area (Å²) >= 11 is 1.89. The Morgan fingerprint density at radius 3 is 2.95 bits per heavy atom. The Balaban J connectivity index is 2.00. The Labute approximate surface area is 127 Å². The van der Waals surface area contributed by atoms with E-state index < -0.39 is 0 Å². The van der Waals surface area contributed by atoms with Gasteiger partial charge in [0.1, 0.15) is 0 Å². The third-order valence-electron chi connectivity index (χ3n) is 4.09. The zero-order chi connectivity index (χ0) is 14.8. The molecule has 110 valence electrons. The summed E-state index contributed by atoms with van der Waals surface area (Å²) in [6.45, 7) is 0. The number of nitrogens with one attached hydrogen (secondary N) is 1. The molecule has 1 aliphatic carbocycles. The minimum absolute atomic E-state index is 0.108. The van der Waals surface area contributed by atoms with Gasteiger partial charge in [0.2, 0.25) is 0 Å². The predicted molar refractivity (Wildman–Crippen MR) is 87.0 cm³/mol. The topological polar surface area (TPSA) is 68.1 Å². The average Bonchev–Trinajstić information content (AvgIpc) is 2.94. The minimum Gasteiger partial charge on any atom is -0.381 e. The number of nitrogens with zero attached hydrogens (tertiary/aromatic N) is 2. The summed E-state index contributed by atoms with van der Waals surface area (Å²) in [5.41, 5.74) is 1.07. The van der Waals surface area contributed by atoms with Crippen molar-refractivity contribution in [1.82, 2.24) is 4.98 Å². The predicted octanol–water partition coefficient (Wildman–Crippen LogP) is 3.84. The van der Waals surface area contributed by atoms with Crippen LogP contribution in [0.2, 0.25) is 0 Å². The van der Waals surface area contributed by atoms with Crippen molar-refractivity contribution in [2.45, 2.75) is 30.6 Å². The number of aromatic nitrogens is 1. The molecular formula is C15H17N3O2S. The van der Waals surface area contributed by atoms with E-state index in [2.05, 4.69) is 16.6 Å². The molecule has 1 aliphatic rings. The van der Waals surface area contributed by atoms with Crippen LogP contribution < -0.4 is 5.32 Å². The molecule has 0 spiro atoms. The zero-order valence-corrected chi connectivity index (χ0v) is 12.6. The second-order valence-corrected chi connectivity index (χ2v) is 6.34. The molecule has 2 unspecified atom stereocenters. The van der Waals surface area contributed by atoms with Crippen LogP contribution in [0.1, 0.15) is 19.3 Å². The molecule has 0 radical (unpaired) electrons. The maximum atomic E-state index is 11.1. The lowest BCUT2D eigenvalue weighted by molar-refractivity contribution is -0.383. The van der Waals surface area contributed by atoms with E-state index >= 15 is 0 Å². The lowest BCUT2D eigenvalue weighted by Gasteiger charge is -2.21. The molecule has 21 heavy (non-hydrogen) atoms. The van der Waals surface area contributed by atoms with Crippen molar-refractivity contribution in [2.75, 3.05) is 11.6 Å². The zero-order valence-electron chi connectivity index (χ0n) is 11.8. The van der Waals surface area contributed by atoms with Crippen molar-refractivity contribution in [3.63, 3.8) is 0 Å². The fraction of sp³-hybridized carbons (Fsp3) is 0.400. The van der Waals surface area contributed by atoms with Crippen LogP contribution in [0.3, 0.4) is 0 Å². The minimum atomic E-state index is -0.353. The quantitative estimate of drug-likeness (QED) is 0.686. The molecule has 1 aromatic heterocycles. The number of hydrogen-bond acceptors (Lipinski definition) is 5. The normalized spacial score (nSPS) is 21.6. The number of pyridine rings is 1. The number of thioether (sulfide) groups is 1. The standard InChI is InChI=1S/C15H17N3O2S/c1-21-15-4-2-3-13(15)17-12-5-6-14(18(19)20)11-9-16-8-7-10(11)12/h5-9,13,15,17H,2-4H2,1H3. The van der Waals surface area contributed by atoms with Gasteiger partial charge < -0.3 is 5.32 Å². The SMILES string of the molecule is CSC1CCCC1Nc1ccc([N+](=O)[O-])c2cnccc12. The highest BCUT2D eigenvalue weighted by atomic mass is 32.2. The van der Waals surface area contributed by atoms with Gasteiger partial charge in [-0.3, -0.25) is 15.1 Å². The van der Waals surface area contributed by atoms with E-state index in [1.807, 2.05) is 23.9 Å². The molecule has 2 aromatic rings. The van der Waals surface area contributed by atoms with Crippen LogP contribution in [-0.2, 0) is 0 Å². The second-order valence-electron chi connectivity index (χ2n) is 5.27. The molecule has 0 saturated heterocycles. The third-order valence-corrected chi connectivity index (χ3v) is 5.26. The first-order valence-corrected chi connectivity index (χ1v) is 8.30. The number of fused-ring (bicyclic) bond motifs is 1. The van der Waals surface area contributed by atoms with Crippen molar-refractivity contribution in [2.24, 2.45) is 0 Å². The van der Waals surface area contributed by atoms with Crippen LogP contribution in [0, 0.1) is 10.1 Å². The summed E-state index contributed by atoms with van der Waals surface area (Å²) in [4.78, 5) is 14.8. The van der Waals surface area contributed by atoms with E-state index in [1.54, 1.807) is 18.5 Å². The van der Waals surface area contributed by atoms with Gasteiger partial charge in [-0.15, -0.1) is 0 Å². The van der Waals surface area contributed by atoms with Gasteiger partial charge in [0, 0.05) is 40.8 Å². The molecule has 1 aromatic carbocycles. The Kier molecular flexibility index (Phi) is 3.96. The lowest BCUT2D eigenvalue weighted by atomic mass is 10.1. The largest absolute Gasteiger partial charge is 0.381 e. The van der Waals surface area contributed by atoms with E-state index in [-0.39, 0.29) is 10.6 Å². The smallest absolute Gasteiger partial charge is 0.278 e. The van der Waals surface area contributed by atoms with Gasteiger partial charge >= 0.3 is 0 Å².